The number of nitrogens with one attached hydrogen (secondary N) is 7. The summed E-state index contributed by atoms with van der Waals surface area (Å²) in [7, 11) is 1.56. The molecule has 304 valence electrons. The first-order chi connectivity index (χ1) is 25.8. The standard InChI is InChI=1S/C33H47N7O14S/c1-16(2)27(32(52)39-21(33(53)54)13-26(46)47)40-29(49)18(9-10-24(42)43)37-30(50)20(12-25(44)45)38-31(51)22(15-55)36-23(41)14-35-28(48)19(34-3)11-17-7-5-4-6-8-17/h4-8,16,18-22,27,34,55H,9-15H2,1-3H3,(H,35,48)(H,36,41)(H,37,50)(H,38,51)(H,39,52)(H,40,49)(H,42,43)(H,44,45)(H,46,47)(H,53,54)/t18-,19-,20-,21-,22+,27-/m0/s1. The van der Waals surface area contributed by atoms with Gasteiger partial charge in [0.2, 0.25) is 35.4 Å². The highest BCUT2D eigenvalue weighted by Crippen LogP contribution is 2.08. The normalized spacial score (nSPS) is 14.1. The summed E-state index contributed by atoms with van der Waals surface area (Å²) >= 11 is 4.03. The predicted octanol–water partition coefficient (Wildman–Crippen LogP) is -3.16. The summed E-state index contributed by atoms with van der Waals surface area (Å²) in [5, 5.41) is 53.1. The first-order valence-corrected chi connectivity index (χ1v) is 17.4. The molecule has 0 saturated carbocycles. The zero-order valence-corrected chi connectivity index (χ0v) is 31.1. The topological polar surface area (TPSA) is 336 Å². The van der Waals surface area contributed by atoms with Crippen LogP contribution in [-0.4, -0.2) is 135 Å². The minimum Gasteiger partial charge on any atom is -0.481 e. The molecule has 0 spiro atoms. The Labute approximate surface area is 320 Å². The molecule has 11 N–H and O–H groups in total. The summed E-state index contributed by atoms with van der Waals surface area (Å²) in [6.07, 6.45) is -3.02. The molecule has 22 heteroatoms. The van der Waals surface area contributed by atoms with Crippen LogP contribution in [0.3, 0.4) is 0 Å². The van der Waals surface area contributed by atoms with E-state index in [1.165, 1.54) is 13.8 Å². The van der Waals surface area contributed by atoms with Crippen LogP contribution in [0, 0.1) is 5.92 Å². The van der Waals surface area contributed by atoms with E-state index in [-0.39, 0.29) is 5.75 Å². The van der Waals surface area contributed by atoms with Gasteiger partial charge in [-0.25, -0.2) is 4.79 Å². The highest BCUT2D eigenvalue weighted by atomic mass is 32.1. The van der Waals surface area contributed by atoms with E-state index in [4.69, 9.17) is 5.11 Å². The number of aliphatic carboxylic acids is 4. The van der Waals surface area contributed by atoms with Crippen LogP contribution in [-0.2, 0) is 54.4 Å². The van der Waals surface area contributed by atoms with Gasteiger partial charge in [-0.1, -0.05) is 44.2 Å². The Kier molecular flexibility index (Phi) is 20.4. The molecule has 21 nitrogen and oxygen atoms in total. The molecule has 0 aliphatic heterocycles. The van der Waals surface area contributed by atoms with Gasteiger partial charge in [-0.3, -0.25) is 43.2 Å². The zero-order chi connectivity index (χ0) is 41.8. The maximum atomic E-state index is 13.3. The minimum absolute atomic E-state index is 0.313. The molecule has 0 aromatic heterocycles. The summed E-state index contributed by atoms with van der Waals surface area (Å²) in [5.74, 6) is -13.3. The lowest BCUT2D eigenvalue weighted by Crippen LogP contribution is -2.60. The summed E-state index contributed by atoms with van der Waals surface area (Å²) in [4.78, 5) is 123. The second kappa shape index (κ2) is 23.8. The Bertz CT molecular complexity index is 1560. The van der Waals surface area contributed by atoms with Crippen LogP contribution in [0.25, 0.3) is 0 Å². The summed E-state index contributed by atoms with van der Waals surface area (Å²) in [5.41, 5.74) is 0.856. The number of benzene rings is 1. The summed E-state index contributed by atoms with van der Waals surface area (Å²) in [6.45, 7) is 2.32. The molecular weight excluding hydrogens is 750 g/mol. The van der Waals surface area contributed by atoms with Gasteiger partial charge in [0.25, 0.3) is 0 Å². The van der Waals surface area contributed by atoms with E-state index in [1.807, 2.05) is 23.5 Å². The van der Waals surface area contributed by atoms with Crippen LogP contribution < -0.4 is 37.2 Å². The number of hydrogen-bond donors (Lipinski definition) is 12. The number of likely N-dealkylation sites (N-methyl/N-ethyl adjacent to an activating group) is 1. The minimum atomic E-state index is -1.89. The molecule has 0 heterocycles. The van der Waals surface area contributed by atoms with Gasteiger partial charge in [-0.05, 0) is 31.4 Å². The van der Waals surface area contributed by atoms with Crippen LogP contribution in [0.4, 0.5) is 0 Å². The second-order valence-corrected chi connectivity index (χ2v) is 12.8. The first-order valence-electron chi connectivity index (χ1n) is 16.8. The Hall–Kier alpha value is -5.77. The number of carbonyl (C=O) groups excluding carboxylic acids is 6. The third kappa shape index (κ3) is 17.7. The molecule has 6 atom stereocenters. The maximum absolute atomic E-state index is 13.3. The number of rotatable bonds is 25. The largest absolute Gasteiger partial charge is 0.481 e. The third-order valence-corrected chi connectivity index (χ3v) is 8.10. The van der Waals surface area contributed by atoms with Gasteiger partial charge in [0.05, 0.1) is 25.4 Å². The molecule has 55 heavy (non-hydrogen) atoms. The molecule has 0 saturated heterocycles. The highest BCUT2D eigenvalue weighted by molar-refractivity contribution is 7.80. The summed E-state index contributed by atoms with van der Waals surface area (Å²) < 4.78 is 0. The molecule has 1 rings (SSSR count). The average molecular weight is 798 g/mol. The Morgan fingerprint density at radius 1 is 0.618 bits per heavy atom. The van der Waals surface area contributed by atoms with Crippen LogP contribution in [0.2, 0.25) is 0 Å². The lowest BCUT2D eigenvalue weighted by atomic mass is 10.0. The van der Waals surface area contributed by atoms with Crippen molar-refractivity contribution in [3.05, 3.63) is 35.9 Å². The van der Waals surface area contributed by atoms with Gasteiger partial charge in [0, 0.05) is 12.2 Å². The van der Waals surface area contributed by atoms with E-state index in [1.54, 1.807) is 19.2 Å². The van der Waals surface area contributed by atoms with Gasteiger partial charge in [-0.15, -0.1) is 0 Å². The number of carbonyl (C=O) groups is 10. The van der Waals surface area contributed by atoms with E-state index in [9.17, 15) is 63.3 Å². The molecule has 0 aliphatic carbocycles. The van der Waals surface area contributed by atoms with Gasteiger partial charge >= 0.3 is 23.9 Å². The van der Waals surface area contributed by atoms with Crippen molar-refractivity contribution in [2.75, 3.05) is 19.3 Å². The van der Waals surface area contributed by atoms with E-state index < -0.39 is 134 Å². The van der Waals surface area contributed by atoms with Gasteiger partial charge in [0.15, 0.2) is 0 Å². The number of carboxylic acid groups (broad SMARTS) is 4. The SMILES string of the molecule is CN[C@@H](Cc1ccccc1)C(=O)NCC(=O)N[C@H](CS)C(=O)N[C@@H](CC(=O)O)C(=O)N[C@@H](CCC(=O)O)C(=O)N[C@H](C(=O)N[C@@H](CC(=O)O)C(=O)O)C(C)C. The second-order valence-electron chi connectivity index (χ2n) is 12.4. The van der Waals surface area contributed by atoms with E-state index in [2.05, 4.69) is 44.5 Å². The molecule has 1 aromatic carbocycles. The number of hydrogen-bond acceptors (Lipinski definition) is 12. The quantitative estimate of drug-likeness (QED) is 0.0435. The first kappa shape index (κ1) is 47.3. The van der Waals surface area contributed by atoms with Crippen LogP contribution in [0.5, 0.6) is 0 Å². The predicted molar refractivity (Wildman–Crippen MR) is 193 cm³/mol. The fourth-order valence-electron chi connectivity index (χ4n) is 4.80. The van der Waals surface area contributed by atoms with Crippen LogP contribution >= 0.6 is 12.6 Å². The smallest absolute Gasteiger partial charge is 0.326 e. The lowest BCUT2D eigenvalue weighted by molar-refractivity contribution is -0.147. The van der Waals surface area contributed by atoms with Gasteiger partial charge in [0.1, 0.15) is 30.2 Å². The van der Waals surface area contributed by atoms with Crippen molar-refractivity contribution in [1.29, 1.82) is 0 Å². The van der Waals surface area contributed by atoms with Gasteiger partial charge in [-0.2, -0.15) is 12.6 Å². The van der Waals surface area contributed by atoms with Crippen molar-refractivity contribution in [1.82, 2.24) is 37.2 Å². The van der Waals surface area contributed by atoms with Crippen LogP contribution in [0.15, 0.2) is 30.3 Å². The maximum Gasteiger partial charge on any atom is 0.326 e. The zero-order valence-electron chi connectivity index (χ0n) is 30.2. The Morgan fingerprint density at radius 2 is 1.15 bits per heavy atom. The number of carboxylic acids is 4. The molecule has 0 fully saturated rings. The molecule has 0 aliphatic rings. The van der Waals surface area contributed by atoms with E-state index in [0.29, 0.717) is 6.42 Å². The third-order valence-electron chi connectivity index (χ3n) is 7.74. The Balaban J connectivity index is 3.07. The van der Waals surface area contributed by atoms with Crippen molar-refractivity contribution in [3.63, 3.8) is 0 Å². The van der Waals surface area contributed by atoms with Crippen LogP contribution in [0.1, 0.15) is 45.1 Å². The van der Waals surface area contributed by atoms with Gasteiger partial charge < -0.3 is 57.6 Å². The summed E-state index contributed by atoms with van der Waals surface area (Å²) in [6, 6.07) is -0.111. The van der Waals surface area contributed by atoms with Crippen molar-refractivity contribution in [3.8, 4) is 0 Å². The fraction of sp³-hybridized carbons (Fsp3) is 0.515. The molecule has 0 bridgehead atoms. The van der Waals surface area contributed by atoms with Crippen molar-refractivity contribution >= 4 is 71.9 Å². The molecule has 1 aromatic rings. The molecular formula is C33H47N7O14S. The van der Waals surface area contributed by atoms with E-state index in [0.717, 1.165) is 5.56 Å². The Morgan fingerprint density at radius 3 is 1.65 bits per heavy atom. The number of thiol groups is 1. The lowest BCUT2D eigenvalue weighted by Gasteiger charge is -2.27. The van der Waals surface area contributed by atoms with E-state index >= 15 is 0 Å². The average Bonchev–Trinajstić information content (AvgIpc) is 3.11. The molecule has 0 unspecified atom stereocenters. The van der Waals surface area contributed by atoms with Crippen molar-refractivity contribution in [2.45, 2.75) is 82.2 Å². The highest BCUT2D eigenvalue weighted by Gasteiger charge is 2.34. The molecule has 6 amide bonds. The number of amides is 6. The fourth-order valence-corrected chi connectivity index (χ4v) is 5.05. The van der Waals surface area contributed by atoms with Crippen molar-refractivity contribution in [2.24, 2.45) is 5.92 Å². The monoisotopic (exact) mass is 797 g/mol. The molecule has 0 radical (unpaired) electrons. The van der Waals surface area contributed by atoms with Crippen molar-refractivity contribution < 1.29 is 68.4 Å².